The number of rotatable bonds is 2. The minimum absolute atomic E-state index is 0.0266. The first kappa shape index (κ1) is 11.6. The number of H-pyrrole nitrogens is 1. The van der Waals surface area contributed by atoms with Crippen LogP contribution in [0.1, 0.15) is 10.5 Å². The summed E-state index contributed by atoms with van der Waals surface area (Å²) in [6, 6.07) is 3.78. The van der Waals surface area contributed by atoms with Gasteiger partial charge in [0.2, 0.25) is 0 Å². The number of aromatic hydroxyl groups is 1. The zero-order valence-corrected chi connectivity index (χ0v) is 9.82. The standard InChI is InChI=1S/C10H6BrFN2O3/c11-4-1-2-7(15)8(9(4)12)5-3-6(10(16)17)14-13-5/h1-3,15H,(H,13,14)(H,16,17). The van der Waals surface area contributed by atoms with Crippen molar-refractivity contribution in [3.63, 3.8) is 0 Å². The van der Waals surface area contributed by atoms with Gasteiger partial charge in [-0.2, -0.15) is 5.10 Å². The minimum atomic E-state index is -1.21. The normalized spacial score (nSPS) is 10.5. The smallest absolute Gasteiger partial charge is 0.353 e. The Morgan fingerprint density at radius 3 is 2.76 bits per heavy atom. The Balaban J connectivity index is 2.60. The molecule has 0 atom stereocenters. The van der Waals surface area contributed by atoms with E-state index in [4.69, 9.17) is 5.11 Å². The van der Waals surface area contributed by atoms with Gasteiger partial charge in [-0.05, 0) is 34.1 Å². The van der Waals surface area contributed by atoms with Gasteiger partial charge < -0.3 is 10.2 Å². The Labute approximate surface area is 103 Å². The number of nitrogens with zero attached hydrogens (tertiary/aromatic N) is 1. The maximum atomic E-state index is 13.8. The molecule has 0 aliphatic carbocycles. The van der Waals surface area contributed by atoms with E-state index < -0.39 is 11.8 Å². The van der Waals surface area contributed by atoms with Gasteiger partial charge in [0.15, 0.2) is 5.82 Å². The minimum Gasteiger partial charge on any atom is -0.507 e. The van der Waals surface area contributed by atoms with Gasteiger partial charge in [-0.25, -0.2) is 9.18 Å². The van der Waals surface area contributed by atoms with Gasteiger partial charge in [0.05, 0.1) is 15.7 Å². The lowest BCUT2D eigenvalue weighted by Gasteiger charge is -2.03. The zero-order chi connectivity index (χ0) is 12.6. The molecule has 0 unspecified atom stereocenters. The number of carboxylic acid groups (broad SMARTS) is 1. The van der Waals surface area contributed by atoms with E-state index in [9.17, 15) is 14.3 Å². The molecular formula is C10H6BrFN2O3. The summed E-state index contributed by atoms with van der Waals surface area (Å²) in [5.74, 6) is -2.22. The number of aromatic amines is 1. The van der Waals surface area contributed by atoms with Gasteiger partial charge in [-0.15, -0.1) is 0 Å². The third-order valence-corrected chi connectivity index (χ3v) is 2.75. The van der Waals surface area contributed by atoms with Crippen LogP contribution in [-0.4, -0.2) is 26.4 Å². The fraction of sp³-hybridized carbons (Fsp3) is 0. The van der Waals surface area contributed by atoms with Gasteiger partial charge in [0, 0.05) is 0 Å². The van der Waals surface area contributed by atoms with Crippen LogP contribution in [0.3, 0.4) is 0 Å². The number of aromatic nitrogens is 2. The Hall–Kier alpha value is -1.89. The van der Waals surface area contributed by atoms with Crippen LogP contribution < -0.4 is 0 Å². The van der Waals surface area contributed by atoms with E-state index in [1.165, 1.54) is 12.1 Å². The number of carbonyl (C=O) groups is 1. The van der Waals surface area contributed by atoms with Crippen molar-refractivity contribution in [3.8, 4) is 17.0 Å². The quantitative estimate of drug-likeness (QED) is 0.795. The predicted molar refractivity (Wildman–Crippen MR) is 60.3 cm³/mol. The van der Waals surface area contributed by atoms with Crippen molar-refractivity contribution < 1.29 is 19.4 Å². The molecule has 0 saturated carbocycles. The largest absolute Gasteiger partial charge is 0.507 e. The molecule has 2 aromatic rings. The molecule has 88 valence electrons. The summed E-state index contributed by atoms with van der Waals surface area (Å²) in [5, 5.41) is 24.1. The van der Waals surface area contributed by atoms with Gasteiger partial charge in [-0.1, -0.05) is 0 Å². The fourth-order valence-electron chi connectivity index (χ4n) is 1.34. The zero-order valence-electron chi connectivity index (χ0n) is 8.24. The van der Waals surface area contributed by atoms with E-state index >= 15 is 0 Å². The third-order valence-electron chi connectivity index (χ3n) is 2.14. The molecule has 7 heteroatoms. The summed E-state index contributed by atoms with van der Waals surface area (Å²) in [6.45, 7) is 0. The Kier molecular flexibility index (Phi) is 2.84. The first-order valence-corrected chi connectivity index (χ1v) is 5.26. The molecule has 0 radical (unpaired) electrons. The molecule has 0 aliphatic rings. The van der Waals surface area contributed by atoms with Crippen molar-refractivity contribution in [1.82, 2.24) is 10.2 Å². The van der Waals surface area contributed by atoms with Gasteiger partial charge in [0.1, 0.15) is 11.4 Å². The Bertz CT molecular complexity index is 597. The summed E-state index contributed by atoms with van der Waals surface area (Å²) in [6.07, 6.45) is 0. The highest BCUT2D eigenvalue weighted by Crippen LogP contribution is 2.34. The molecule has 5 nitrogen and oxygen atoms in total. The van der Waals surface area contributed by atoms with Crippen LogP contribution in [0.4, 0.5) is 4.39 Å². The molecule has 0 spiro atoms. The number of hydrogen-bond acceptors (Lipinski definition) is 3. The number of aromatic carboxylic acids is 1. The Morgan fingerprint density at radius 2 is 2.18 bits per heavy atom. The number of phenolic OH excluding ortho intramolecular Hbond substituents is 1. The highest BCUT2D eigenvalue weighted by molar-refractivity contribution is 9.10. The van der Waals surface area contributed by atoms with Crippen molar-refractivity contribution in [2.45, 2.75) is 0 Å². The first-order valence-electron chi connectivity index (χ1n) is 4.46. The lowest BCUT2D eigenvalue weighted by molar-refractivity contribution is 0.0690. The summed E-state index contributed by atoms with van der Waals surface area (Å²) in [7, 11) is 0. The summed E-state index contributed by atoms with van der Waals surface area (Å²) < 4.78 is 13.9. The predicted octanol–water partition coefficient (Wildman–Crippen LogP) is 2.38. The number of phenols is 1. The lowest BCUT2D eigenvalue weighted by atomic mass is 10.1. The molecule has 0 bridgehead atoms. The van der Waals surface area contributed by atoms with Crippen LogP contribution in [-0.2, 0) is 0 Å². The molecule has 1 aromatic carbocycles. The topological polar surface area (TPSA) is 86.2 Å². The van der Waals surface area contributed by atoms with E-state index in [-0.39, 0.29) is 27.2 Å². The van der Waals surface area contributed by atoms with Crippen LogP contribution in [0.2, 0.25) is 0 Å². The molecule has 1 aromatic heterocycles. The van der Waals surface area contributed by atoms with E-state index in [0.29, 0.717) is 0 Å². The molecule has 1 heterocycles. The van der Waals surface area contributed by atoms with Gasteiger partial charge in [0.25, 0.3) is 0 Å². The second kappa shape index (κ2) is 4.17. The van der Waals surface area contributed by atoms with Crippen molar-refractivity contribution in [2.24, 2.45) is 0 Å². The molecule has 2 rings (SSSR count). The maximum absolute atomic E-state index is 13.8. The van der Waals surface area contributed by atoms with Crippen molar-refractivity contribution >= 4 is 21.9 Å². The average molecular weight is 301 g/mol. The van der Waals surface area contributed by atoms with Crippen molar-refractivity contribution in [1.29, 1.82) is 0 Å². The highest BCUT2D eigenvalue weighted by atomic mass is 79.9. The number of carboxylic acids is 1. The van der Waals surface area contributed by atoms with Crippen LogP contribution in [0.15, 0.2) is 22.7 Å². The number of halogens is 2. The lowest BCUT2D eigenvalue weighted by Crippen LogP contribution is -1.95. The van der Waals surface area contributed by atoms with E-state index in [1.54, 1.807) is 0 Å². The summed E-state index contributed by atoms with van der Waals surface area (Å²) in [5.41, 5.74) is -0.305. The van der Waals surface area contributed by atoms with Crippen molar-refractivity contribution in [3.05, 3.63) is 34.2 Å². The monoisotopic (exact) mass is 300 g/mol. The number of nitrogens with one attached hydrogen (secondary N) is 1. The molecule has 3 N–H and O–H groups in total. The molecule has 17 heavy (non-hydrogen) atoms. The summed E-state index contributed by atoms with van der Waals surface area (Å²) >= 11 is 2.97. The van der Waals surface area contributed by atoms with Crippen LogP contribution >= 0.6 is 15.9 Å². The third kappa shape index (κ3) is 2.01. The SMILES string of the molecule is O=C(O)c1cc(-c2c(O)ccc(Br)c2F)n[nH]1. The molecular weight excluding hydrogens is 295 g/mol. The highest BCUT2D eigenvalue weighted by Gasteiger charge is 2.18. The van der Waals surface area contributed by atoms with E-state index in [2.05, 4.69) is 26.1 Å². The number of benzene rings is 1. The number of hydrogen-bond donors (Lipinski definition) is 3. The molecule has 0 amide bonds. The van der Waals surface area contributed by atoms with Gasteiger partial charge in [-0.3, -0.25) is 5.10 Å². The van der Waals surface area contributed by atoms with E-state index in [0.717, 1.165) is 6.07 Å². The average Bonchev–Trinajstić information content (AvgIpc) is 2.73. The molecule has 0 aliphatic heterocycles. The van der Waals surface area contributed by atoms with Crippen molar-refractivity contribution in [2.75, 3.05) is 0 Å². The maximum Gasteiger partial charge on any atom is 0.353 e. The fourth-order valence-corrected chi connectivity index (χ4v) is 1.67. The van der Waals surface area contributed by atoms with Crippen LogP contribution in [0, 0.1) is 5.82 Å². The second-order valence-corrected chi connectivity index (χ2v) is 4.08. The van der Waals surface area contributed by atoms with E-state index in [1.807, 2.05) is 0 Å². The molecule has 0 fully saturated rings. The van der Waals surface area contributed by atoms with Gasteiger partial charge >= 0.3 is 5.97 Å². The van der Waals surface area contributed by atoms with Crippen LogP contribution in [0.25, 0.3) is 11.3 Å². The second-order valence-electron chi connectivity index (χ2n) is 3.23. The van der Waals surface area contributed by atoms with Crippen LogP contribution in [0.5, 0.6) is 5.75 Å². The summed E-state index contributed by atoms with van der Waals surface area (Å²) in [4.78, 5) is 10.6. The first-order chi connectivity index (χ1) is 8.00. The Morgan fingerprint density at radius 1 is 1.47 bits per heavy atom. The molecule has 0 saturated heterocycles.